The molecule has 0 saturated carbocycles. The summed E-state index contributed by atoms with van der Waals surface area (Å²) in [6.45, 7) is 2.68. The van der Waals surface area contributed by atoms with E-state index in [1.54, 1.807) is 0 Å². The van der Waals surface area contributed by atoms with Crippen LogP contribution < -0.4 is 10.2 Å². The van der Waals surface area contributed by atoms with E-state index < -0.39 is 10.7 Å². The van der Waals surface area contributed by atoms with Gasteiger partial charge < -0.3 is 19.7 Å². The highest BCUT2D eigenvalue weighted by Gasteiger charge is 2.41. The number of benzene rings is 1. The van der Waals surface area contributed by atoms with Crippen molar-refractivity contribution in [2.75, 3.05) is 36.5 Å². The minimum Gasteiger partial charge on any atom is -0.360 e. The fraction of sp³-hybridized carbons (Fsp3) is 0.400. The first kappa shape index (κ1) is 20.7. The van der Waals surface area contributed by atoms with Crippen molar-refractivity contribution < 1.29 is 14.4 Å². The molecule has 11 nitrogen and oxygen atoms in total. The van der Waals surface area contributed by atoms with Gasteiger partial charge in [-0.2, -0.15) is 0 Å². The van der Waals surface area contributed by atoms with E-state index in [1.807, 2.05) is 34.5 Å². The SMILES string of the molecule is O=[N+]([O-])c1c(NCc2ccc(-c3csnn3)cc2)ncnc1N1CCC2(CC1)OCCO2. The molecule has 12 heteroatoms. The summed E-state index contributed by atoms with van der Waals surface area (Å²) in [6, 6.07) is 7.79. The summed E-state index contributed by atoms with van der Waals surface area (Å²) in [5.41, 5.74) is 2.63. The highest BCUT2D eigenvalue weighted by atomic mass is 32.1. The van der Waals surface area contributed by atoms with Crippen LogP contribution in [0.25, 0.3) is 11.3 Å². The lowest BCUT2D eigenvalue weighted by molar-refractivity contribution is -0.383. The topological polar surface area (TPSA) is 128 Å². The van der Waals surface area contributed by atoms with Crippen LogP contribution in [0.3, 0.4) is 0 Å². The van der Waals surface area contributed by atoms with Crippen molar-refractivity contribution >= 4 is 28.9 Å². The molecule has 2 aliphatic rings. The second kappa shape index (κ2) is 8.73. The van der Waals surface area contributed by atoms with Crippen molar-refractivity contribution in [3.63, 3.8) is 0 Å². The summed E-state index contributed by atoms with van der Waals surface area (Å²) in [6.07, 6.45) is 2.63. The van der Waals surface area contributed by atoms with Gasteiger partial charge >= 0.3 is 5.69 Å². The van der Waals surface area contributed by atoms with Gasteiger partial charge in [-0.15, -0.1) is 5.10 Å². The molecule has 166 valence electrons. The highest BCUT2D eigenvalue weighted by Crippen LogP contribution is 2.37. The molecule has 0 radical (unpaired) electrons. The third kappa shape index (κ3) is 4.11. The van der Waals surface area contributed by atoms with Crippen LogP contribution in [0.5, 0.6) is 0 Å². The van der Waals surface area contributed by atoms with Crippen LogP contribution in [-0.4, -0.2) is 56.6 Å². The molecule has 0 aliphatic carbocycles. The molecule has 0 unspecified atom stereocenters. The van der Waals surface area contributed by atoms with E-state index in [0.29, 0.717) is 51.5 Å². The Morgan fingerprint density at radius 2 is 1.91 bits per heavy atom. The lowest BCUT2D eigenvalue weighted by Crippen LogP contribution is -2.45. The van der Waals surface area contributed by atoms with Gasteiger partial charge in [0.05, 0.1) is 18.1 Å². The number of hydrogen-bond acceptors (Lipinski definition) is 11. The normalized spacial score (nSPS) is 17.6. The fourth-order valence-electron chi connectivity index (χ4n) is 4.01. The predicted molar refractivity (Wildman–Crippen MR) is 117 cm³/mol. The van der Waals surface area contributed by atoms with Crippen molar-refractivity contribution in [1.29, 1.82) is 0 Å². The van der Waals surface area contributed by atoms with Crippen molar-refractivity contribution in [2.45, 2.75) is 25.2 Å². The number of hydrogen-bond donors (Lipinski definition) is 1. The van der Waals surface area contributed by atoms with Crippen molar-refractivity contribution in [3.8, 4) is 11.3 Å². The molecule has 4 heterocycles. The largest absolute Gasteiger partial charge is 0.360 e. The molecule has 1 aromatic carbocycles. The Balaban J connectivity index is 1.30. The van der Waals surface area contributed by atoms with Crippen LogP contribution in [0, 0.1) is 10.1 Å². The average Bonchev–Trinajstić information content (AvgIpc) is 3.51. The number of ether oxygens (including phenoxy) is 2. The number of rotatable bonds is 6. The van der Waals surface area contributed by atoms with Gasteiger partial charge in [0.15, 0.2) is 5.79 Å². The zero-order valence-electron chi connectivity index (χ0n) is 17.1. The fourth-order valence-corrected chi connectivity index (χ4v) is 4.48. The summed E-state index contributed by atoms with van der Waals surface area (Å²) >= 11 is 1.30. The second-order valence-electron chi connectivity index (χ2n) is 7.59. The van der Waals surface area contributed by atoms with Crippen LogP contribution in [-0.2, 0) is 16.0 Å². The Morgan fingerprint density at radius 3 is 2.56 bits per heavy atom. The molecule has 0 amide bonds. The Kier molecular flexibility index (Phi) is 5.64. The minimum absolute atomic E-state index is 0.123. The van der Waals surface area contributed by atoms with Crippen LogP contribution in [0.15, 0.2) is 36.0 Å². The van der Waals surface area contributed by atoms with Crippen LogP contribution in [0.1, 0.15) is 18.4 Å². The van der Waals surface area contributed by atoms with E-state index in [9.17, 15) is 10.1 Å². The number of piperidine rings is 1. The van der Waals surface area contributed by atoms with Gasteiger partial charge in [0.25, 0.3) is 0 Å². The zero-order chi connectivity index (χ0) is 22.0. The summed E-state index contributed by atoms with van der Waals surface area (Å²) in [5.74, 6) is -0.0478. The number of nitrogens with one attached hydrogen (secondary N) is 1. The number of anilines is 2. The van der Waals surface area contributed by atoms with Crippen LogP contribution >= 0.6 is 11.5 Å². The van der Waals surface area contributed by atoms with Crippen molar-refractivity contribution in [1.82, 2.24) is 19.6 Å². The zero-order valence-corrected chi connectivity index (χ0v) is 18.0. The van der Waals surface area contributed by atoms with E-state index in [2.05, 4.69) is 24.9 Å². The van der Waals surface area contributed by atoms with E-state index in [-0.39, 0.29) is 11.5 Å². The molecule has 1 spiro atoms. The van der Waals surface area contributed by atoms with Gasteiger partial charge in [-0.05, 0) is 17.1 Å². The number of nitro groups is 1. The number of nitrogens with zero attached hydrogens (tertiary/aromatic N) is 6. The maximum absolute atomic E-state index is 11.9. The molecular formula is C20H21N7O4S. The number of aromatic nitrogens is 4. The van der Waals surface area contributed by atoms with Crippen LogP contribution in [0.2, 0.25) is 0 Å². The Morgan fingerprint density at radius 1 is 1.16 bits per heavy atom. The molecule has 0 bridgehead atoms. The monoisotopic (exact) mass is 455 g/mol. The molecule has 2 fully saturated rings. The predicted octanol–water partition coefficient (Wildman–Crippen LogP) is 2.86. The van der Waals surface area contributed by atoms with E-state index in [0.717, 1.165) is 16.8 Å². The average molecular weight is 456 g/mol. The third-order valence-electron chi connectivity index (χ3n) is 5.69. The molecule has 5 rings (SSSR count). The Hall–Kier alpha value is -3.22. The molecule has 1 N–H and O–H groups in total. The van der Waals surface area contributed by atoms with Crippen molar-refractivity contribution in [2.24, 2.45) is 0 Å². The molecule has 2 aliphatic heterocycles. The van der Waals surface area contributed by atoms with Gasteiger partial charge in [0.2, 0.25) is 11.6 Å². The molecule has 3 aromatic rings. The molecule has 0 atom stereocenters. The lowest BCUT2D eigenvalue weighted by atomic mass is 10.0. The van der Waals surface area contributed by atoms with E-state index in [4.69, 9.17) is 9.47 Å². The van der Waals surface area contributed by atoms with Crippen molar-refractivity contribution in [3.05, 3.63) is 51.7 Å². The smallest absolute Gasteiger partial charge is 0.353 e. The van der Waals surface area contributed by atoms with Gasteiger partial charge in [-0.3, -0.25) is 10.1 Å². The standard InChI is InChI=1S/C20H21N7O4S/c28-27(29)17-18(21-11-14-1-3-15(4-2-14)16-12-32-25-24-16)22-13-23-19(17)26-7-5-20(6-8-26)30-9-10-31-20/h1-4,12-13H,5-11H2,(H,21,22,23). The first-order valence-corrected chi connectivity index (χ1v) is 11.1. The maximum atomic E-state index is 11.9. The summed E-state index contributed by atoms with van der Waals surface area (Å²) in [4.78, 5) is 21.8. The van der Waals surface area contributed by atoms with Crippen LogP contribution in [0.4, 0.5) is 17.3 Å². The quantitative estimate of drug-likeness (QED) is 0.437. The first-order valence-electron chi connectivity index (χ1n) is 10.3. The lowest BCUT2D eigenvalue weighted by Gasteiger charge is -2.37. The summed E-state index contributed by atoms with van der Waals surface area (Å²) in [7, 11) is 0. The molecule has 2 aromatic heterocycles. The van der Waals surface area contributed by atoms with E-state index in [1.165, 1.54) is 17.9 Å². The Bertz CT molecular complexity index is 1080. The minimum atomic E-state index is -0.555. The van der Waals surface area contributed by atoms with Gasteiger partial charge in [-0.25, -0.2) is 9.97 Å². The molecule has 2 saturated heterocycles. The second-order valence-corrected chi connectivity index (χ2v) is 8.20. The maximum Gasteiger partial charge on any atom is 0.353 e. The van der Waals surface area contributed by atoms with Gasteiger partial charge in [0, 0.05) is 43.4 Å². The van der Waals surface area contributed by atoms with Gasteiger partial charge in [0.1, 0.15) is 12.0 Å². The van der Waals surface area contributed by atoms with E-state index >= 15 is 0 Å². The summed E-state index contributed by atoms with van der Waals surface area (Å²) in [5, 5.41) is 21.0. The highest BCUT2D eigenvalue weighted by molar-refractivity contribution is 7.03. The third-order valence-corrected chi connectivity index (χ3v) is 6.20. The molecular weight excluding hydrogens is 434 g/mol. The first-order chi connectivity index (χ1) is 15.6. The van der Waals surface area contributed by atoms with Gasteiger partial charge in [-0.1, -0.05) is 28.8 Å². The Labute approximate surface area is 187 Å². The summed E-state index contributed by atoms with van der Waals surface area (Å²) < 4.78 is 15.4. The molecule has 32 heavy (non-hydrogen) atoms.